The van der Waals surface area contributed by atoms with Crippen LogP contribution in [0.1, 0.15) is 23.2 Å². The van der Waals surface area contributed by atoms with Gasteiger partial charge in [0.15, 0.2) is 0 Å². The Bertz CT molecular complexity index is 883. The zero-order valence-electron chi connectivity index (χ0n) is 15.4. The van der Waals surface area contributed by atoms with E-state index in [-0.39, 0.29) is 17.3 Å². The summed E-state index contributed by atoms with van der Waals surface area (Å²) in [6.07, 6.45) is -2.80. The summed E-state index contributed by atoms with van der Waals surface area (Å²) in [7, 11) is 0. The number of amides is 2. The van der Waals surface area contributed by atoms with Crippen molar-refractivity contribution in [3.05, 3.63) is 54.1 Å². The van der Waals surface area contributed by atoms with Crippen LogP contribution in [0.2, 0.25) is 0 Å². The minimum absolute atomic E-state index is 0.0275. The smallest absolute Gasteiger partial charge is 0.406 e. The van der Waals surface area contributed by atoms with Crippen LogP contribution in [0.5, 0.6) is 5.75 Å². The van der Waals surface area contributed by atoms with Crippen LogP contribution in [0, 0.1) is 0 Å². The highest BCUT2D eigenvalue weighted by molar-refractivity contribution is 8.00. The van der Waals surface area contributed by atoms with Crippen molar-refractivity contribution in [1.82, 2.24) is 4.90 Å². The third-order valence-electron chi connectivity index (χ3n) is 4.27. The van der Waals surface area contributed by atoms with E-state index in [1.54, 1.807) is 24.3 Å². The van der Waals surface area contributed by atoms with Crippen molar-refractivity contribution in [1.29, 1.82) is 0 Å². The van der Waals surface area contributed by atoms with Gasteiger partial charge >= 0.3 is 6.36 Å². The molecule has 1 saturated heterocycles. The Morgan fingerprint density at radius 1 is 1.07 bits per heavy atom. The van der Waals surface area contributed by atoms with E-state index in [1.807, 2.05) is 4.90 Å². The fourth-order valence-corrected chi connectivity index (χ4v) is 3.90. The molecular weight excluding hydrogens is 405 g/mol. The molecule has 1 aliphatic rings. The van der Waals surface area contributed by atoms with Gasteiger partial charge in [0.2, 0.25) is 5.91 Å². The van der Waals surface area contributed by atoms with Crippen LogP contribution in [0.25, 0.3) is 0 Å². The number of benzene rings is 2. The highest BCUT2D eigenvalue weighted by Crippen LogP contribution is 2.27. The summed E-state index contributed by atoms with van der Waals surface area (Å²) in [5, 5.41) is 2.57. The molecule has 29 heavy (non-hydrogen) atoms. The Balaban J connectivity index is 1.67. The van der Waals surface area contributed by atoms with Crippen LogP contribution >= 0.6 is 11.8 Å². The lowest BCUT2D eigenvalue weighted by Gasteiger charge is -2.15. The molecule has 0 saturated carbocycles. The summed E-state index contributed by atoms with van der Waals surface area (Å²) in [5.74, 6) is -0.654. The van der Waals surface area contributed by atoms with Crippen LogP contribution in [0.15, 0.2) is 53.4 Å². The molecule has 0 radical (unpaired) electrons. The lowest BCUT2D eigenvalue weighted by molar-refractivity contribution is -0.274. The molecular formula is C20H19F3N2O3S. The number of hydrogen-bond donors (Lipinski definition) is 1. The van der Waals surface area contributed by atoms with Gasteiger partial charge in [0, 0.05) is 29.7 Å². The molecule has 0 spiro atoms. The number of nitrogens with zero attached hydrogens (tertiary/aromatic N) is 1. The second-order valence-corrected chi connectivity index (χ2v) is 7.42. The van der Waals surface area contributed by atoms with Crippen molar-refractivity contribution in [2.45, 2.75) is 24.1 Å². The molecule has 0 bridgehead atoms. The Morgan fingerprint density at radius 2 is 1.79 bits per heavy atom. The van der Waals surface area contributed by atoms with E-state index in [4.69, 9.17) is 0 Å². The number of likely N-dealkylation sites (tertiary alicyclic amines) is 1. The number of thioether (sulfide) groups is 1. The molecule has 2 aromatic rings. The maximum Gasteiger partial charge on any atom is 0.573 e. The fourth-order valence-electron chi connectivity index (χ4n) is 2.95. The first-order chi connectivity index (χ1) is 13.8. The molecule has 0 aliphatic carbocycles. The number of anilines is 1. The van der Waals surface area contributed by atoms with Crippen LogP contribution in [-0.4, -0.2) is 41.9 Å². The van der Waals surface area contributed by atoms with E-state index in [0.717, 1.165) is 38.1 Å². The Hall–Kier alpha value is -2.68. The highest BCUT2D eigenvalue weighted by Gasteiger charge is 2.31. The van der Waals surface area contributed by atoms with E-state index in [0.29, 0.717) is 10.5 Å². The van der Waals surface area contributed by atoms with Crippen molar-refractivity contribution in [3.63, 3.8) is 0 Å². The van der Waals surface area contributed by atoms with E-state index >= 15 is 0 Å². The van der Waals surface area contributed by atoms with Gasteiger partial charge in [-0.15, -0.1) is 24.9 Å². The summed E-state index contributed by atoms with van der Waals surface area (Å²) < 4.78 is 41.0. The summed E-state index contributed by atoms with van der Waals surface area (Å²) in [6.45, 7) is 1.52. The molecule has 5 nitrogen and oxygen atoms in total. The number of carbonyl (C=O) groups is 2. The summed E-state index contributed by atoms with van der Waals surface area (Å²) >= 11 is 1.27. The third kappa shape index (κ3) is 6.15. The number of hydrogen-bond acceptors (Lipinski definition) is 4. The summed E-state index contributed by atoms with van der Waals surface area (Å²) in [4.78, 5) is 27.3. The first-order valence-electron chi connectivity index (χ1n) is 8.98. The molecule has 3 rings (SSSR count). The quantitative estimate of drug-likeness (QED) is 0.691. The van der Waals surface area contributed by atoms with Crippen molar-refractivity contribution in [3.8, 4) is 5.75 Å². The van der Waals surface area contributed by atoms with Crippen LogP contribution in [0.4, 0.5) is 18.9 Å². The van der Waals surface area contributed by atoms with Crippen LogP contribution < -0.4 is 10.1 Å². The van der Waals surface area contributed by atoms with Gasteiger partial charge in [-0.1, -0.05) is 18.2 Å². The number of carbonyl (C=O) groups excluding carboxylic acids is 2. The lowest BCUT2D eigenvalue weighted by Crippen LogP contribution is -2.29. The number of alkyl halides is 3. The zero-order chi connectivity index (χ0) is 20.9. The lowest BCUT2D eigenvalue weighted by atomic mass is 10.2. The van der Waals surface area contributed by atoms with Crippen LogP contribution in [-0.2, 0) is 4.79 Å². The average Bonchev–Trinajstić information content (AvgIpc) is 3.20. The van der Waals surface area contributed by atoms with Gasteiger partial charge in [0.25, 0.3) is 5.91 Å². The third-order valence-corrected chi connectivity index (χ3v) is 5.33. The van der Waals surface area contributed by atoms with Crippen molar-refractivity contribution < 1.29 is 27.5 Å². The molecule has 0 aromatic heterocycles. The van der Waals surface area contributed by atoms with E-state index in [1.165, 1.54) is 23.9 Å². The first kappa shape index (κ1) is 21.0. The molecule has 154 valence electrons. The van der Waals surface area contributed by atoms with E-state index in [9.17, 15) is 22.8 Å². The maximum atomic E-state index is 12.6. The van der Waals surface area contributed by atoms with E-state index in [2.05, 4.69) is 10.1 Å². The molecule has 2 amide bonds. The SMILES string of the molecule is O=C(Nc1cccc(OC(F)(F)F)c1)c1ccccc1SCC(=O)N1CCCC1. The summed E-state index contributed by atoms with van der Waals surface area (Å²) in [5.41, 5.74) is 0.513. The van der Waals surface area contributed by atoms with Crippen LogP contribution in [0.3, 0.4) is 0 Å². The minimum atomic E-state index is -4.81. The standard InChI is InChI=1S/C20H19F3N2O3S/c21-20(22,23)28-15-7-5-6-14(12-15)24-19(27)16-8-1-2-9-17(16)29-13-18(26)25-10-3-4-11-25/h1-2,5-9,12H,3-4,10-11,13H2,(H,24,27). The number of halogens is 3. The monoisotopic (exact) mass is 424 g/mol. The Morgan fingerprint density at radius 3 is 2.52 bits per heavy atom. The molecule has 1 aliphatic heterocycles. The highest BCUT2D eigenvalue weighted by atomic mass is 32.2. The summed E-state index contributed by atoms with van der Waals surface area (Å²) in [6, 6.07) is 11.9. The van der Waals surface area contributed by atoms with Gasteiger partial charge in [0.1, 0.15) is 5.75 Å². The van der Waals surface area contributed by atoms with Crippen molar-refractivity contribution >= 4 is 29.3 Å². The second-order valence-electron chi connectivity index (χ2n) is 6.40. The predicted octanol–water partition coefficient (Wildman–Crippen LogP) is 4.55. The van der Waals surface area contributed by atoms with Gasteiger partial charge in [-0.2, -0.15) is 0 Å². The minimum Gasteiger partial charge on any atom is -0.406 e. The predicted molar refractivity (Wildman–Crippen MR) is 104 cm³/mol. The number of rotatable bonds is 6. The van der Waals surface area contributed by atoms with Crippen molar-refractivity contribution in [2.24, 2.45) is 0 Å². The van der Waals surface area contributed by atoms with Gasteiger partial charge in [-0.25, -0.2) is 0 Å². The molecule has 1 heterocycles. The Kier molecular flexibility index (Phi) is 6.68. The average molecular weight is 424 g/mol. The van der Waals surface area contributed by atoms with Gasteiger partial charge in [0.05, 0.1) is 11.3 Å². The molecule has 0 unspecified atom stereocenters. The molecule has 0 atom stereocenters. The van der Waals surface area contributed by atoms with Gasteiger partial charge in [-0.05, 0) is 37.1 Å². The number of nitrogens with one attached hydrogen (secondary N) is 1. The molecule has 1 fully saturated rings. The van der Waals surface area contributed by atoms with Crippen molar-refractivity contribution in [2.75, 3.05) is 24.2 Å². The topological polar surface area (TPSA) is 58.6 Å². The molecule has 2 aromatic carbocycles. The first-order valence-corrected chi connectivity index (χ1v) is 9.97. The number of ether oxygens (including phenoxy) is 1. The zero-order valence-corrected chi connectivity index (χ0v) is 16.2. The maximum absolute atomic E-state index is 12.6. The normalized spacial score (nSPS) is 14.0. The molecule has 1 N–H and O–H groups in total. The second kappa shape index (κ2) is 9.21. The van der Waals surface area contributed by atoms with Gasteiger partial charge in [-0.3, -0.25) is 9.59 Å². The Labute approximate surface area is 170 Å². The molecule has 9 heteroatoms. The van der Waals surface area contributed by atoms with Gasteiger partial charge < -0.3 is 15.0 Å². The van der Waals surface area contributed by atoms with E-state index < -0.39 is 18.0 Å². The fraction of sp³-hybridized carbons (Fsp3) is 0.300. The largest absolute Gasteiger partial charge is 0.573 e.